The lowest BCUT2D eigenvalue weighted by Crippen LogP contribution is -2.11. The van der Waals surface area contributed by atoms with Crippen LogP contribution in [0.25, 0.3) is 11.3 Å². The van der Waals surface area contributed by atoms with Crippen molar-refractivity contribution < 1.29 is 9.53 Å². The molecule has 1 amide bonds. The van der Waals surface area contributed by atoms with Crippen LogP contribution in [0.2, 0.25) is 0 Å². The van der Waals surface area contributed by atoms with Gasteiger partial charge in [0.25, 0.3) is 5.91 Å². The minimum Gasteiger partial charge on any atom is -0.497 e. The number of methoxy groups -OCH3 is 1. The number of aromatic amines is 1. The highest BCUT2D eigenvalue weighted by Crippen LogP contribution is 2.21. The Kier molecular flexibility index (Phi) is 3.87. The molecule has 0 spiro atoms. The van der Waals surface area contributed by atoms with Crippen molar-refractivity contribution in [3.63, 3.8) is 0 Å². The van der Waals surface area contributed by atoms with Gasteiger partial charge in [0.05, 0.1) is 12.8 Å². The highest BCUT2D eigenvalue weighted by Gasteiger charge is 2.08. The third-order valence-electron chi connectivity index (χ3n) is 3.26. The normalized spacial score (nSPS) is 10.2. The Balaban J connectivity index is 1.80. The molecule has 1 heterocycles. The number of hydrogen-bond donors (Lipinski definition) is 2. The number of benzene rings is 2. The maximum atomic E-state index is 12.3. The van der Waals surface area contributed by atoms with Crippen LogP contribution in [-0.2, 0) is 0 Å². The zero-order valence-electron chi connectivity index (χ0n) is 12.0. The van der Waals surface area contributed by atoms with Gasteiger partial charge in [-0.15, -0.1) is 0 Å². The summed E-state index contributed by atoms with van der Waals surface area (Å²) in [5.41, 5.74) is 3.13. The summed E-state index contributed by atoms with van der Waals surface area (Å²) >= 11 is 0. The minimum atomic E-state index is -0.180. The molecule has 0 unspecified atom stereocenters. The zero-order chi connectivity index (χ0) is 15.4. The maximum Gasteiger partial charge on any atom is 0.255 e. The van der Waals surface area contributed by atoms with E-state index in [1.165, 1.54) is 0 Å². The smallest absolute Gasteiger partial charge is 0.255 e. The van der Waals surface area contributed by atoms with Gasteiger partial charge in [-0.3, -0.25) is 9.89 Å². The van der Waals surface area contributed by atoms with Gasteiger partial charge in [-0.25, -0.2) is 0 Å². The molecule has 0 saturated heterocycles. The molecule has 5 heteroatoms. The van der Waals surface area contributed by atoms with E-state index in [0.717, 1.165) is 16.9 Å². The standard InChI is InChI=1S/C17H15N3O2/c1-22-15-7-3-5-13(11-15)17(21)19-14-6-2-4-12(10-14)16-8-9-18-20-16/h2-11H,1H3,(H,18,20)(H,19,21). The van der Waals surface area contributed by atoms with Gasteiger partial charge in [-0.05, 0) is 36.4 Å². The van der Waals surface area contributed by atoms with E-state index in [0.29, 0.717) is 11.3 Å². The van der Waals surface area contributed by atoms with E-state index in [1.54, 1.807) is 37.6 Å². The average Bonchev–Trinajstić information content (AvgIpc) is 3.10. The van der Waals surface area contributed by atoms with Crippen molar-refractivity contribution in [1.82, 2.24) is 10.2 Å². The maximum absolute atomic E-state index is 12.3. The molecule has 0 atom stereocenters. The fourth-order valence-electron chi connectivity index (χ4n) is 2.15. The number of H-pyrrole nitrogens is 1. The van der Waals surface area contributed by atoms with E-state index >= 15 is 0 Å². The van der Waals surface area contributed by atoms with E-state index in [-0.39, 0.29) is 5.91 Å². The van der Waals surface area contributed by atoms with Crippen LogP contribution in [0.15, 0.2) is 60.8 Å². The Morgan fingerprint density at radius 3 is 2.77 bits per heavy atom. The Hall–Kier alpha value is -3.08. The van der Waals surface area contributed by atoms with Gasteiger partial charge in [0.15, 0.2) is 0 Å². The molecule has 0 radical (unpaired) electrons. The summed E-state index contributed by atoms with van der Waals surface area (Å²) in [4.78, 5) is 12.3. The molecule has 2 aromatic carbocycles. The molecule has 3 aromatic rings. The summed E-state index contributed by atoms with van der Waals surface area (Å²) in [6.45, 7) is 0. The second-order valence-corrected chi connectivity index (χ2v) is 4.74. The molecule has 2 N–H and O–H groups in total. The van der Waals surface area contributed by atoms with Gasteiger partial charge >= 0.3 is 0 Å². The number of nitrogens with one attached hydrogen (secondary N) is 2. The summed E-state index contributed by atoms with van der Waals surface area (Å²) in [5, 5.41) is 9.71. The quantitative estimate of drug-likeness (QED) is 0.775. The fourth-order valence-corrected chi connectivity index (χ4v) is 2.15. The van der Waals surface area contributed by atoms with Crippen LogP contribution >= 0.6 is 0 Å². The van der Waals surface area contributed by atoms with Crippen LogP contribution in [0, 0.1) is 0 Å². The summed E-state index contributed by atoms with van der Waals surface area (Å²) in [7, 11) is 1.57. The topological polar surface area (TPSA) is 67.0 Å². The van der Waals surface area contributed by atoms with E-state index in [2.05, 4.69) is 15.5 Å². The number of ether oxygens (including phenoxy) is 1. The predicted octanol–water partition coefficient (Wildman–Crippen LogP) is 3.34. The Bertz CT molecular complexity index is 782. The van der Waals surface area contributed by atoms with Crippen molar-refractivity contribution in [3.05, 3.63) is 66.4 Å². The van der Waals surface area contributed by atoms with Gasteiger partial charge < -0.3 is 10.1 Å². The average molecular weight is 293 g/mol. The molecule has 0 aliphatic carbocycles. The number of anilines is 1. The van der Waals surface area contributed by atoms with Crippen LogP contribution in [0.1, 0.15) is 10.4 Å². The summed E-state index contributed by atoms with van der Waals surface area (Å²) < 4.78 is 5.13. The molecule has 0 aliphatic rings. The number of rotatable bonds is 4. The highest BCUT2D eigenvalue weighted by atomic mass is 16.5. The van der Waals surface area contributed by atoms with Gasteiger partial charge in [-0.1, -0.05) is 18.2 Å². The molecule has 0 fully saturated rings. The third-order valence-corrected chi connectivity index (χ3v) is 3.26. The Morgan fingerprint density at radius 1 is 1.14 bits per heavy atom. The lowest BCUT2D eigenvalue weighted by atomic mass is 10.1. The van der Waals surface area contributed by atoms with E-state index in [4.69, 9.17) is 4.74 Å². The number of nitrogens with zero attached hydrogens (tertiary/aromatic N) is 1. The van der Waals surface area contributed by atoms with Crippen LogP contribution < -0.4 is 10.1 Å². The lowest BCUT2D eigenvalue weighted by molar-refractivity contribution is 0.102. The van der Waals surface area contributed by atoms with Gasteiger partial charge in [0, 0.05) is 23.0 Å². The van der Waals surface area contributed by atoms with Crippen molar-refractivity contribution in [2.75, 3.05) is 12.4 Å². The molecule has 0 bridgehead atoms. The highest BCUT2D eigenvalue weighted by molar-refractivity contribution is 6.04. The van der Waals surface area contributed by atoms with E-state index in [1.807, 2.05) is 30.3 Å². The number of hydrogen-bond acceptors (Lipinski definition) is 3. The predicted molar refractivity (Wildman–Crippen MR) is 85.0 cm³/mol. The molecular weight excluding hydrogens is 278 g/mol. The number of aromatic nitrogens is 2. The molecule has 3 rings (SSSR count). The van der Waals surface area contributed by atoms with Gasteiger partial charge in [0.2, 0.25) is 0 Å². The van der Waals surface area contributed by atoms with Gasteiger partial charge in [-0.2, -0.15) is 5.10 Å². The Labute approximate surface area is 127 Å². The van der Waals surface area contributed by atoms with Crippen molar-refractivity contribution in [1.29, 1.82) is 0 Å². The lowest BCUT2D eigenvalue weighted by Gasteiger charge is -2.08. The largest absolute Gasteiger partial charge is 0.497 e. The van der Waals surface area contributed by atoms with Crippen molar-refractivity contribution in [3.8, 4) is 17.0 Å². The van der Waals surface area contributed by atoms with Crippen molar-refractivity contribution in [2.45, 2.75) is 0 Å². The summed E-state index contributed by atoms with van der Waals surface area (Å²) in [5.74, 6) is 0.472. The van der Waals surface area contributed by atoms with E-state index < -0.39 is 0 Å². The SMILES string of the molecule is COc1cccc(C(=O)Nc2cccc(-c3ccn[nH]3)c2)c1. The van der Waals surface area contributed by atoms with Crippen molar-refractivity contribution in [2.24, 2.45) is 0 Å². The molecule has 1 aromatic heterocycles. The first-order chi connectivity index (χ1) is 10.8. The molecule has 22 heavy (non-hydrogen) atoms. The second kappa shape index (κ2) is 6.13. The monoisotopic (exact) mass is 293 g/mol. The molecule has 0 saturated carbocycles. The first kappa shape index (κ1) is 13.9. The number of carbonyl (C=O) groups excluding carboxylic acids is 1. The van der Waals surface area contributed by atoms with E-state index in [9.17, 15) is 4.79 Å². The summed E-state index contributed by atoms with van der Waals surface area (Å²) in [6, 6.07) is 16.5. The second-order valence-electron chi connectivity index (χ2n) is 4.74. The first-order valence-corrected chi connectivity index (χ1v) is 6.81. The zero-order valence-corrected chi connectivity index (χ0v) is 12.0. The number of amides is 1. The van der Waals surface area contributed by atoms with Crippen LogP contribution in [0.4, 0.5) is 5.69 Å². The number of carbonyl (C=O) groups is 1. The fraction of sp³-hybridized carbons (Fsp3) is 0.0588. The molecule has 5 nitrogen and oxygen atoms in total. The Morgan fingerprint density at radius 2 is 2.00 bits per heavy atom. The molecule has 110 valence electrons. The molecule has 0 aliphatic heterocycles. The van der Waals surface area contributed by atoms with Gasteiger partial charge in [0.1, 0.15) is 5.75 Å². The van der Waals surface area contributed by atoms with Crippen molar-refractivity contribution >= 4 is 11.6 Å². The van der Waals surface area contributed by atoms with Crippen LogP contribution in [0.3, 0.4) is 0 Å². The van der Waals surface area contributed by atoms with Crippen LogP contribution in [-0.4, -0.2) is 23.2 Å². The third kappa shape index (κ3) is 2.98. The summed E-state index contributed by atoms with van der Waals surface area (Å²) in [6.07, 6.45) is 1.69. The minimum absolute atomic E-state index is 0.180. The first-order valence-electron chi connectivity index (χ1n) is 6.81. The molecular formula is C17H15N3O2. The van der Waals surface area contributed by atoms with Crippen LogP contribution in [0.5, 0.6) is 5.75 Å².